The van der Waals surface area contributed by atoms with Gasteiger partial charge in [0.2, 0.25) is 5.91 Å². The van der Waals surface area contributed by atoms with Crippen molar-refractivity contribution in [3.8, 4) is 5.75 Å². The number of carbonyl (C=O) groups is 4. The average Bonchev–Trinajstić information content (AvgIpc) is 3.33. The Morgan fingerprint density at radius 3 is 2.25 bits per heavy atom. The van der Waals surface area contributed by atoms with Crippen molar-refractivity contribution >= 4 is 48.4 Å². The summed E-state index contributed by atoms with van der Waals surface area (Å²) in [5.41, 5.74) is 1.33. The van der Waals surface area contributed by atoms with Crippen LogP contribution in [0.25, 0.3) is 0 Å². The first-order chi connectivity index (χ1) is 16.3. The number of ether oxygens (including phenoxy) is 1. The van der Waals surface area contributed by atoms with Gasteiger partial charge < -0.3 is 19.8 Å². The van der Waals surface area contributed by atoms with E-state index >= 15 is 0 Å². The Bertz CT molecular complexity index is 1030. The summed E-state index contributed by atoms with van der Waals surface area (Å²) in [4.78, 5) is 49.7. The summed E-state index contributed by atoms with van der Waals surface area (Å²) in [6.07, 6.45) is 0.570. The molecule has 2 aromatic carbocycles. The van der Waals surface area contributed by atoms with Crippen LogP contribution in [0.5, 0.6) is 5.75 Å². The number of ketones is 1. The lowest BCUT2D eigenvalue weighted by Crippen LogP contribution is -2.53. The van der Waals surface area contributed by atoms with Crippen molar-refractivity contribution in [3.05, 3.63) is 65.7 Å². The molecule has 36 heavy (non-hydrogen) atoms. The number of halogens is 2. The van der Waals surface area contributed by atoms with Crippen LogP contribution < -0.4 is 10.1 Å². The maximum Gasteiger partial charge on any atom is 0.326 e. The zero-order valence-electron chi connectivity index (χ0n) is 19.7. The van der Waals surface area contributed by atoms with E-state index in [1.54, 1.807) is 24.3 Å². The highest BCUT2D eigenvalue weighted by Crippen LogP contribution is 2.19. The molecule has 1 aliphatic heterocycles. The predicted octanol–water partition coefficient (Wildman–Crippen LogP) is 3.19. The summed E-state index contributed by atoms with van der Waals surface area (Å²) in [6, 6.07) is 12.9. The highest BCUT2D eigenvalue weighted by Gasteiger charge is 2.37. The molecule has 0 aromatic heterocycles. The van der Waals surface area contributed by atoms with Crippen LogP contribution in [-0.2, 0) is 21.0 Å². The molecule has 9 nitrogen and oxygen atoms in total. The molecule has 2 aromatic rings. The Kier molecular flexibility index (Phi) is 12.4. The number of hydrogen-bond acceptors (Lipinski definition) is 6. The summed E-state index contributed by atoms with van der Waals surface area (Å²) in [5, 5.41) is 21.5. The number of Topliss-reactive ketones (excluding diaryl/α,β-unsaturated/α-hetero) is 1. The molecule has 1 aliphatic rings. The Morgan fingerprint density at radius 1 is 1.03 bits per heavy atom. The number of carbonyl (C=O) groups excluding carboxylic acids is 2. The van der Waals surface area contributed by atoms with E-state index in [1.165, 1.54) is 11.8 Å². The molecule has 1 heterocycles. The fraction of sp³-hybridized carbons (Fsp3) is 0.360. The summed E-state index contributed by atoms with van der Waals surface area (Å²) in [5.74, 6) is -2.68. The van der Waals surface area contributed by atoms with Crippen LogP contribution in [-0.4, -0.2) is 63.4 Å². The average molecular weight is 541 g/mol. The first-order valence-corrected chi connectivity index (χ1v) is 11.1. The van der Waals surface area contributed by atoms with E-state index in [-0.39, 0.29) is 31.2 Å². The second-order valence-corrected chi connectivity index (χ2v) is 8.23. The second-order valence-electron chi connectivity index (χ2n) is 8.23. The highest BCUT2D eigenvalue weighted by atomic mass is 35.5. The molecule has 0 spiro atoms. The van der Waals surface area contributed by atoms with Gasteiger partial charge in [-0.05, 0) is 49.6 Å². The van der Waals surface area contributed by atoms with Crippen molar-refractivity contribution in [2.45, 2.75) is 50.9 Å². The van der Waals surface area contributed by atoms with E-state index in [9.17, 15) is 29.4 Å². The van der Waals surface area contributed by atoms with Crippen molar-refractivity contribution in [1.29, 1.82) is 0 Å². The van der Waals surface area contributed by atoms with Crippen LogP contribution in [0.3, 0.4) is 0 Å². The molecule has 1 amide bonds. The van der Waals surface area contributed by atoms with Crippen molar-refractivity contribution in [1.82, 2.24) is 10.2 Å². The summed E-state index contributed by atoms with van der Waals surface area (Å²) >= 11 is 0. The third-order valence-corrected chi connectivity index (χ3v) is 5.75. The lowest BCUT2D eigenvalue weighted by Gasteiger charge is -2.27. The smallest absolute Gasteiger partial charge is 0.326 e. The van der Waals surface area contributed by atoms with Gasteiger partial charge in [-0.15, -0.1) is 24.8 Å². The van der Waals surface area contributed by atoms with Crippen LogP contribution in [0.4, 0.5) is 0 Å². The third-order valence-electron chi connectivity index (χ3n) is 5.75. The van der Waals surface area contributed by atoms with E-state index < -0.39 is 41.8 Å². The molecule has 0 bridgehead atoms. The molecule has 1 unspecified atom stereocenters. The minimum absolute atomic E-state index is 0. The standard InChI is InChI=1S/C25H28N2O7.2ClH/c1-16(23(29)27-13-5-8-21(27)25(32)33)26-20(24(30)31)14-22(28)18-9-11-19(12-10-18)34-15-17-6-3-2-4-7-17;;/h2-4,6-7,9-12,16,20-21,26H,5,8,13-15H2,1H3,(H,30,31)(H,32,33);2*1H/t16-,20?,21-;;/m0../s1. The predicted molar refractivity (Wildman–Crippen MR) is 137 cm³/mol. The van der Waals surface area contributed by atoms with Crippen molar-refractivity contribution in [2.24, 2.45) is 0 Å². The summed E-state index contributed by atoms with van der Waals surface area (Å²) in [7, 11) is 0. The molecule has 3 atom stereocenters. The number of hydrogen-bond donors (Lipinski definition) is 3. The van der Waals surface area contributed by atoms with Gasteiger partial charge in [-0.3, -0.25) is 19.7 Å². The van der Waals surface area contributed by atoms with Gasteiger partial charge in [0.15, 0.2) is 5.78 Å². The molecule has 11 heteroatoms. The van der Waals surface area contributed by atoms with Gasteiger partial charge in [0.1, 0.15) is 24.4 Å². The largest absolute Gasteiger partial charge is 0.489 e. The van der Waals surface area contributed by atoms with Gasteiger partial charge in [0.05, 0.1) is 6.04 Å². The van der Waals surface area contributed by atoms with Crippen LogP contribution in [0.2, 0.25) is 0 Å². The van der Waals surface area contributed by atoms with Crippen LogP contribution in [0.1, 0.15) is 42.1 Å². The number of amides is 1. The van der Waals surface area contributed by atoms with Crippen LogP contribution in [0, 0.1) is 0 Å². The number of carboxylic acid groups (broad SMARTS) is 2. The number of rotatable bonds is 11. The molecule has 0 aliphatic carbocycles. The minimum Gasteiger partial charge on any atom is -0.489 e. The topological polar surface area (TPSA) is 133 Å². The fourth-order valence-corrected chi connectivity index (χ4v) is 3.91. The maximum atomic E-state index is 12.7. The molecule has 0 radical (unpaired) electrons. The number of nitrogens with zero attached hydrogens (tertiary/aromatic N) is 1. The number of benzene rings is 2. The quantitative estimate of drug-likeness (QED) is 0.370. The molecule has 3 N–H and O–H groups in total. The van der Waals surface area contributed by atoms with E-state index in [2.05, 4.69) is 5.32 Å². The van der Waals surface area contributed by atoms with Crippen LogP contribution >= 0.6 is 24.8 Å². The Balaban J connectivity index is 0.00000324. The first-order valence-electron chi connectivity index (χ1n) is 11.1. The van der Waals surface area contributed by atoms with Crippen molar-refractivity contribution < 1.29 is 34.1 Å². The zero-order valence-corrected chi connectivity index (χ0v) is 21.3. The Labute approximate surface area is 221 Å². The molecule has 1 saturated heterocycles. The highest BCUT2D eigenvalue weighted by molar-refractivity contribution is 5.99. The van der Waals surface area contributed by atoms with Gasteiger partial charge >= 0.3 is 11.9 Å². The summed E-state index contributed by atoms with van der Waals surface area (Å²) < 4.78 is 5.70. The molecule has 196 valence electrons. The number of likely N-dealkylation sites (tertiary alicyclic amines) is 1. The van der Waals surface area contributed by atoms with Crippen molar-refractivity contribution in [2.75, 3.05) is 6.54 Å². The lowest BCUT2D eigenvalue weighted by atomic mass is 10.0. The fourth-order valence-electron chi connectivity index (χ4n) is 3.91. The van der Waals surface area contributed by atoms with Gasteiger partial charge in [0.25, 0.3) is 0 Å². The second kappa shape index (κ2) is 14.4. The maximum absolute atomic E-state index is 12.7. The van der Waals surface area contributed by atoms with Crippen LogP contribution in [0.15, 0.2) is 54.6 Å². The normalized spacial score (nSPS) is 16.1. The van der Waals surface area contributed by atoms with E-state index in [4.69, 9.17) is 4.74 Å². The molecular weight excluding hydrogens is 511 g/mol. The number of aliphatic carboxylic acids is 2. The monoisotopic (exact) mass is 540 g/mol. The molecular formula is C25H30Cl2N2O7. The Hall–Kier alpha value is -3.14. The SMILES string of the molecule is C[C@H](NC(CC(=O)c1ccc(OCc2ccccc2)cc1)C(=O)O)C(=O)N1CCC[C@H]1C(=O)O.Cl.Cl. The molecule has 3 rings (SSSR count). The lowest BCUT2D eigenvalue weighted by molar-refractivity contribution is -0.149. The van der Waals surface area contributed by atoms with Gasteiger partial charge in [-0.25, -0.2) is 4.79 Å². The van der Waals surface area contributed by atoms with E-state index in [1.807, 2.05) is 30.3 Å². The molecule has 1 fully saturated rings. The molecule has 0 saturated carbocycles. The number of carboxylic acids is 2. The van der Waals surface area contributed by atoms with E-state index in [0.29, 0.717) is 37.3 Å². The van der Waals surface area contributed by atoms with Gasteiger partial charge in [-0.2, -0.15) is 0 Å². The minimum atomic E-state index is -1.30. The first kappa shape index (κ1) is 30.9. The summed E-state index contributed by atoms with van der Waals surface area (Å²) in [6.45, 7) is 2.15. The third kappa shape index (κ3) is 8.22. The zero-order chi connectivity index (χ0) is 24.7. The van der Waals surface area contributed by atoms with Crippen molar-refractivity contribution in [3.63, 3.8) is 0 Å². The van der Waals surface area contributed by atoms with Gasteiger partial charge in [-0.1, -0.05) is 30.3 Å². The van der Waals surface area contributed by atoms with Gasteiger partial charge in [0, 0.05) is 18.5 Å². The van der Waals surface area contributed by atoms with E-state index in [0.717, 1.165) is 5.56 Å². The Morgan fingerprint density at radius 2 is 1.67 bits per heavy atom. The number of nitrogens with one attached hydrogen (secondary N) is 1.